The summed E-state index contributed by atoms with van der Waals surface area (Å²) in [7, 11) is 4.26. The minimum absolute atomic E-state index is 0.715. The molecule has 0 spiro atoms. The SMILES string of the molecule is CN(C)CCNC1CCN(Cc2ccccc2)CC1. The van der Waals surface area contributed by atoms with Crippen molar-refractivity contribution in [1.29, 1.82) is 0 Å². The number of rotatable bonds is 6. The maximum Gasteiger partial charge on any atom is 0.0233 e. The molecule has 1 aliphatic rings. The number of likely N-dealkylation sites (N-methyl/N-ethyl adjacent to an activating group) is 1. The zero-order chi connectivity index (χ0) is 13.5. The second kappa shape index (κ2) is 7.63. The molecule has 0 atom stereocenters. The number of nitrogens with zero attached hydrogens (tertiary/aromatic N) is 2. The molecule has 3 nitrogen and oxygen atoms in total. The molecule has 0 aromatic heterocycles. The predicted molar refractivity (Wildman–Crippen MR) is 81.3 cm³/mol. The van der Waals surface area contributed by atoms with Gasteiger partial charge in [-0.1, -0.05) is 30.3 Å². The Hall–Kier alpha value is -0.900. The standard InChI is InChI=1S/C16H27N3/c1-18(2)13-10-17-16-8-11-19(12-9-16)14-15-6-4-3-5-7-15/h3-7,16-17H,8-14H2,1-2H3. The number of likely N-dealkylation sites (tertiary alicyclic amines) is 1. The van der Waals surface area contributed by atoms with Crippen LogP contribution in [0.5, 0.6) is 0 Å². The Morgan fingerprint density at radius 1 is 1.16 bits per heavy atom. The molecule has 0 amide bonds. The lowest BCUT2D eigenvalue weighted by Crippen LogP contribution is -2.43. The van der Waals surface area contributed by atoms with E-state index in [1.165, 1.54) is 31.5 Å². The van der Waals surface area contributed by atoms with Gasteiger partial charge in [0.05, 0.1) is 0 Å². The highest BCUT2D eigenvalue weighted by Crippen LogP contribution is 2.13. The van der Waals surface area contributed by atoms with E-state index < -0.39 is 0 Å². The van der Waals surface area contributed by atoms with Gasteiger partial charge in [0.25, 0.3) is 0 Å². The van der Waals surface area contributed by atoms with Gasteiger partial charge in [0.15, 0.2) is 0 Å². The molecule has 2 rings (SSSR count). The molecule has 1 N–H and O–H groups in total. The van der Waals surface area contributed by atoms with Crippen molar-refractivity contribution in [2.45, 2.75) is 25.4 Å². The molecule has 0 aliphatic carbocycles. The zero-order valence-corrected chi connectivity index (χ0v) is 12.3. The van der Waals surface area contributed by atoms with Gasteiger partial charge in [0, 0.05) is 25.7 Å². The fourth-order valence-electron chi connectivity index (χ4n) is 2.63. The Balaban J connectivity index is 1.65. The van der Waals surface area contributed by atoms with Crippen LogP contribution in [0, 0.1) is 0 Å². The van der Waals surface area contributed by atoms with Gasteiger partial charge in [-0.2, -0.15) is 0 Å². The summed E-state index contributed by atoms with van der Waals surface area (Å²) >= 11 is 0. The highest BCUT2D eigenvalue weighted by molar-refractivity contribution is 5.14. The average molecular weight is 261 g/mol. The van der Waals surface area contributed by atoms with E-state index in [1.54, 1.807) is 0 Å². The summed E-state index contributed by atoms with van der Waals surface area (Å²) < 4.78 is 0. The number of piperidine rings is 1. The van der Waals surface area contributed by atoms with E-state index in [-0.39, 0.29) is 0 Å². The Morgan fingerprint density at radius 3 is 2.47 bits per heavy atom. The molecule has 106 valence electrons. The van der Waals surface area contributed by atoms with E-state index in [2.05, 4.69) is 59.5 Å². The lowest BCUT2D eigenvalue weighted by molar-refractivity contribution is 0.189. The van der Waals surface area contributed by atoms with Gasteiger partial charge in [-0.25, -0.2) is 0 Å². The van der Waals surface area contributed by atoms with Gasteiger partial charge < -0.3 is 10.2 Å². The molecular weight excluding hydrogens is 234 g/mol. The maximum absolute atomic E-state index is 3.67. The largest absolute Gasteiger partial charge is 0.313 e. The molecule has 0 radical (unpaired) electrons. The normalized spacial score (nSPS) is 18.1. The maximum atomic E-state index is 3.67. The monoisotopic (exact) mass is 261 g/mol. The molecule has 0 saturated carbocycles. The van der Waals surface area contributed by atoms with Crippen molar-refractivity contribution in [1.82, 2.24) is 15.1 Å². The first kappa shape index (κ1) is 14.5. The van der Waals surface area contributed by atoms with E-state index in [9.17, 15) is 0 Å². The van der Waals surface area contributed by atoms with E-state index in [1.807, 2.05) is 0 Å². The van der Waals surface area contributed by atoms with Crippen LogP contribution >= 0.6 is 0 Å². The molecule has 19 heavy (non-hydrogen) atoms. The van der Waals surface area contributed by atoms with Crippen LogP contribution in [-0.4, -0.2) is 56.1 Å². The molecule has 1 heterocycles. The van der Waals surface area contributed by atoms with Crippen molar-refractivity contribution in [3.63, 3.8) is 0 Å². The Bertz CT molecular complexity index is 342. The fraction of sp³-hybridized carbons (Fsp3) is 0.625. The first-order valence-electron chi connectivity index (χ1n) is 7.38. The summed E-state index contributed by atoms with van der Waals surface area (Å²) in [6.45, 7) is 5.77. The second-order valence-electron chi connectivity index (χ2n) is 5.79. The predicted octanol–water partition coefficient (Wildman–Crippen LogP) is 1.80. The summed E-state index contributed by atoms with van der Waals surface area (Å²) in [5.41, 5.74) is 1.43. The minimum atomic E-state index is 0.715. The van der Waals surface area contributed by atoms with Crippen LogP contribution in [0.1, 0.15) is 18.4 Å². The second-order valence-corrected chi connectivity index (χ2v) is 5.79. The van der Waals surface area contributed by atoms with Gasteiger partial charge in [0.2, 0.25) is 0 Å². The zero-order valence-electron chi connectivity index (χ0n) is 12.3. The van der Waals surface area contributed by atoms with Gasteiger partial charge >= 0.3 is 0 Å². The molecule has 3 heteroatoms. The van der Waals surface area contributed by atoms with Crippen LogP contribution in [0.2, 0.25) is 0 Å². The Labute approximate surface area is 117 Å². The lowest BCUT2D eigenvalue weighted by Gasteiger charge is -2.32. The highest BCUT2D eigenvalue weighted by Gasteiger charge is 2.18. The molecule has 1 saturated heterocycles. The Morgan fingerprint density at radius 2 is 1.84 bits per heavy atom. The van der Waals surface area contributed by atoms with Crippen LogP contribution in [0.25, 0.3) is 0 Å². The van der Waals surface area contributed by atoms with Gasteiger partial charge in [-0.05, 0) is 45.6 Å². The van der Waals surface area contributed by atoms with Gasteiger partial charge in [-0.3, -0.25) is 4.90 Å². The van der Waals surface area contributed by atoms with Crippen molar-refractivity contribution < 1.29 is 0 Å². The van der Waals surface area contributed by atoms with Crippen molar-refractivity contribution >= 4 is 0 Å². The summed E-state index contributed by atoms with van der Waals surface area (Å²) in [6, 6.07) is 11.5. The van der Waals surface area contributed by atoms with Gasteiger partial charge in [-0.15, -0.1) is 0 Å². The third-order valence-corrected chi connectivity index (χ3v) is 3.83. The van der Waals surface area contributed by atoms with Crippen LogP contribution in [0.4, 0.5) is 0 Å². The molecule has 1 fully saturated rings. The molecular formula is C16H27N3. The summed E-state index contributed by atoms with van der Waals surface area (Å²) in [5, 5.41) is 3.67. The van der Waals surface area contributed by atoms with Crippen LogP contribution in [0.15, 0.2) is 30.3 Å². The van der Waals surface area contributed by atoms with E-state index in [0.29, 0.717) is 6.04 Å². The smallest absolute Gasteiger partial charge is 0.0233 e. The topological polar surface area (TPSA) is 18.5 Å². The molecule has 0 unspecified atom stereocenters. The number of hydrogen-bond acceptors (Lipinski definition) is 3. The van der Waals surface area contributed by atoms with Crippen molar-refractivity contribution in [3.05, 3.63) is 35.9 Å². The molecule has 0 bridgehead atoms. The Kier molecular flexibility index (Phi) is 5.83. The van der Waals surface area contributed by atoms with E-state index in [0.717, 1.165) is 19.6 Å². The van der Waals surface area contributed by atoms with Crippen LogP contribution in [0.3, 0.4) is 0 Å². The van der Waals surface area contributed by atoms with Gasteiger partial charge in [0.1, 0.15) is 0 Å². The average Bonchev–Trinajstić information content (AvgIpc) is 2.42. The van der Waals surface area contributed by atoms with Crippen molar-refractivity contribution in [3.8, 4) is 0 Å². The number of nitrogens with one attached hydrogen (secondary N) is 1. The van der Waals surface area contributed by atoms with E-state index >= 15 is 0 Å². The first-order chi connectivity index (χ1) is 9.24. The third-order valence-electron chi connectivity index (χ3n) is 3.83. The number of benzene rings is 1. The number of hydrogen-bond donors (Lipinski definition) is 1. The summed E-state index contributed by atoms with van der Waals surface area (Å²) in [5.74, 6) is 0. The molecule has 1 aromatic carbocycles. The van der Waals surface area contributed by atoms with E-state index in [4.69, 9.17) is 0 Å². The fourth-order valence-corrected chi connectivity index (χ4v) is 2.63. The molecule has 1 aliphatic heterocycles. The lowest BCUT2D eigenvalue weighted by atomic mass is 10.0. The van der Waals surface area contributed by atoms with Crippen LogP contribution < -0.4 is 5.32 Å². The highest BCUT2D eigenvalue weighted by atomic mass is 15.1. The van der Waals surface area contributed by atoms with Crippen LogP contribution in [-0.2, 0) is 6.54 Å². The third kappa shape index (κ3) is 5.31. The summed E-state index contributed by atoms with van der Waals surface area (Å²) in [6.07, 6.45) is 2.56. The quantitative estimate of drug-likeness (QED) is 0.842. The molecule has 1 aromatic rings. The minimum Gasteiger partial charge on any atom is -0.313 e. The van der Waals surface area contributed by atoms with Crippen molar-refractivity contribution in [2.24, 2.45) is 0 Å². The first-order valence-corrected chi connectivity index (χ1v) is 7.38. The summed E-state index contributed by atoms with van der Waals surface area (Å²) in [4.78, 5) is 4.80. The van der Waals surface area contributed by atoms with Crippen molar-refractivity contribution in [2.75, 3.05) is 40.3 Å².